The van der Waals surface area contributed by atoms with Crippen molar-refractivity contribution in [2.75, 3.05) is 0 Å². The predicted molar refractivity (Wildman–Crippen MR) is 103 cm³/mol. The fourth-order valence-electron chi connectivity index (χ4n) is 5.21. The highest BCUT2D eigenvalue weighted by atomic mass is 35.5. The van der Waals surface area contributed by atoms with E-state index in [-0.39, 0.29) is 40.8 Å². The Hall–Kier alpha value is -2.73. The molecule has 0 saturated heterocycles. The Balaban J connectivity index is 1.07. The van der Waals surface area contributed by atoms with E-state index in [2.05, 4.69) is 25.2 Å². The van der Waals surface area contributed by atoms with Crippen LogP contribution in [-0.2, 0) is 10.2 Å². The van der Waals surface area contributed by atoms with Gasteiger partial charge in [0.15, 0.2) is 5.82 Å². The molecule has 0 aliphatic heterocycles. The van der Waals surface area contributed by atoms with Crippen molar-refractivity contribution in [2.45, 2.75) is 61.4 Å². The van der Waals surface area contributed by atoms with Crippen molar-refractivity contribution in [2.24, 2.45) is 0 Å². The van der Waals surface area contributed by atoms with Crippen LogP contribution in [0.3, 0.4) is 0 Å². The van der Waals surface area contributed by atoms with Crippen LogP contribution in [0.15, 0.2) is 22.9 Å². The fourth-order valence-corrected chi connectivity index (χ4v) is 5.36. The van der Waals surface area contributed by atoms with Crippen molar-refractivity contribution in [1.82, 2.24) is 24.9 Å². The van der Waals surface area contributed by atoms with Crippen molar-refractivity contribution in [3.05, 3.63) is 46.8 Å². The Bertz CT molecular complexity index is 1220. The standard InChI is InChI=1S/C20H16ClF4N5O3/c21-11-3-14-26-13(5-30(14)4-12(11)22)15(31)27-19-6-18(7-19,8-19)17-29-28-16(32-17)9-1-10(2-9)33-20(23,24)25/h3-5,9-10H,1-2,6-8H2,(H,27,31). The summed E-state index contributed by atoms with van der Waals surface area (Å²) < 4.78 is 61.6. The number of hydrogen-bond donors (Lipinski definition) is 1. The first-order valence-electron chi connectivity index (χ1n) is 10.3. The van der Waals surface area contributed by atoms with Gasteiger partial charge in [-0.05, 0) is 32.1 Å². The summed E-state index contributed by atoms with van der Waals surface area (Å²) in [7, 11) is 0. The van der Waals surface area contributed by atoms with Gasteiger partial charge < -0.3 is 14.1 Å². The lowest BCUT2D eigenvalue weighted by molar-refractivity contribution is -0.352. The van der Waals surface area contributed by atoms with Gasteiger partial charge in [0.1, 0.15) is 11.3 Å². The molecule has 3 aromatic rings. The molecule has 4 aliphatic carbocycles. The van der Waals surface area contributed by atoms with E-state index in [0.29, 0.717) is 36.7 Å². The van der Waals surface area contributed by atoms with Gasteiger partial charge >= 0.3 is 6.36 Å². The van der Waals surface area contributed by atoms with Crippen LogP contribution in [0.25, 0.3) is 5.65 Å². The maximum atomic E-state index is 13.6. The Morgan fingerprint density at radius 3 is 2.67 bits per heavy atom. The number of nitrogens with one attached hydrogen (secondary N) is 1. The van der Waals surface area contributed by atoms with E-state index in [1.54, 1.807) is 0 Å². The van der Waals surface area contributed by atoms with Gasteiger partial charge in [0.25, 0.3) is 5.91 Å². The Kier molecular flexibility index (Phi) is 4.21. The molecule has 13 heteroatoms. The van der Waals surface area contributed by atoms with Gasteiger partial charge in [-0.1, -0.05) is 11.6 Å². The molecule has 8 nitrogen and oxygen atoms in total. The molecule has 1 amide bonds. The molecule has 4 fully saturated rings. The first kappa shape index (κ1) is 20.8. The van der Waals surface area contributed by atoms with Gasteiger partial charge in [0.05, 0.1) is 16.5 Å². The third kappa shape index (κ3) is 3.38. The largest absolute Gasteiger partial charge is 0.522 e. The number of alkyl halides is 3. The molecule has 0 atom stereocenters. The van der Waals surface area contributed by atoms with E-state index in [4.69, 9.17) is 16.0 Å². The molecule has 4 saturated carbocycles. The number of amides is 1. The zero-order valence-corrected chi connectivity index (χ0v) is 17.6. The molecule has 0 unspecified atom stereocenters. The molecule has 7 rings (SSSR count). The van der Waals surface area contributed by atoms with Gasteiger partial charge in [-0.15, -0.1) is 23.4 Å². The second-order valence-electron chi connectivity index (χ2n) is 9.21. The van der Waals surface area contributed by atoms with Crippen molar-refractivity contribution in [3.8, 4) is 0 Å². The van der Waals surface area contributed by atoms with Gasteiger partial charge in [-0.3, -0.25) is 9.53 Å². The first-order chi connectivity index (χ1) is 15.5. The van der Waals surface area contributed by atoms with E-state index in [0.717, 1.165) is 6.20 Å². The van der Waals surface area contributed by atoms with Crippen LogP contribution in [0.5, 0.6) is 0 Å². The minimum Gasteiger partial charge on any atom is -0.424 e. The van der Waals surface area contributed by atoms with Crippen LogP contribution in [0.2, 0.25) is 5.02 Å². The number of fused-ring (bicyclic) bond motifs is 1. The maximum Gasteiger partial charge on any atom is 0.522 e. The van der Waals surface area contributed by atoms with Crippen molar-refractivity contribution in [1.29, 1.82) is 0 Å². The van der Waals surface area contributed by atoms with Crippen LogP contribution in [0.1, 0.15) is 60.3 Å². The number of carbonyl (C=O) groups is 1. The summed E-state index contributed by atoms with van der Waals surface area (Å²) >= 11 is 5.76. The van der Waals surface area contributed by atoms with Gasteiger partial charge in [0.2, 0.25) is 11.8 Å². The van der Waals surface area contributed by atoms with Crippen LogP contribution < -0.4 is 5.32 Å². The lowest BCUT2D eigenvalue weighted by Crippen LogP contribution is -2.76. The molecule has 3 aromatic heterocycles. The number of pyridine rings is 1. The quantitative estimate of drug-likeness (QED) is 0.551. The van der Waals surface area contributed by atoms with Gasteiger partial charge in [0, 0.05) is 29.9 Å². The second-order valence-corrected chi connectivity index (χ2v) is 9.61. The molecule has 2 bridgehead atoms. The number of hydrogen-bond acceptors (Lipinski definition) is 6. The van der Waals surface area contributed by atoms with Crippen LogP contribution in [-0.4, -0.2) is 43.5 Å². The van der Waals surface area contributed by atoms with E-state index < -0.39 is 23.8 Å². The highest BCUT2D eigenvalue weighted by molar-refractivity contribution is 6.31. The fraction of sp³-hybridized carbons (Fsp3) is 0.500. The molecule has 3 heterocycles. The molecule has 0 radical (unpaired) electrons. The summed E-state index contributed by atoms with van der Waals surface area (Å²) in [5.41, 5.74) is -0.208. The summed E-state index contributed by atoms with van der Waals surface area (Å²) in [5.74, 6) is -0.455. The summed E-state index contributed by atoms with van der Waals surface area (Å²) in [6.45, 7) is 0. The van der Waals surface area contributed by atoms with Crippen LogP contribution in [0, 0.1) is 5.82 Å². The zero-order valence-electron chi connectivity index (χ0n) is 16.8. The Morgan fingerprint density at radius 2 is 1.97 bits per heavy atom. The lowest BCUT2D eigenvalue weighted by atomic mass is 9.39. The Morgan fingerprint density at radius 1 is 1.24 bits per heavy atom. The van der Waals surface area contributed by atoms with Crippen molar-refractivity contribution < 1.29 is 31.5 Å². The highest BCUT2D eigenvalue weighted by Gasteiger charge is 2.72. The molecule has 0 spiro atoms. The highest BCUT2D eigenvalue weighted by Crippen LogP contribution is 2.67. The minimum absolute atomic E-state index is 0.0781. The monoisotopic (exact) mass is 485 g/mol. The molecular formula is C20H16ClF4N5O3. The van der Waals surface area contributed by atoms with Crippen LogP contribution in [0.4, 0.5) is 17.6 Å². The third-order valence-electron chi connectivity index (χ3n) is 6.78. The molecular weight excluding hydrogens is 470 g/mol. The van der Waals surface area contributed by atoms with Gasteiger partial charge in [-0.25, -0.2) is 9.37 Å². The lowest BCUT2D eigenvalue weighted by Gasteiger charge is -2.68. The number of halogens is 5. The number of aromatic nitrogens is 4. The SMILES string of the molecule is O=C(NC12CC(c3nnc(C4CC(OC(F)(F)F)C4)o3)(C1)C2)c1cn2cc(F)c(Cl)cc2n1. The second kappa shape index (κ2) is 6.66. The van der Waals surface area contributed by atoms with E-state index in [9.17, 15) is 22.4 Å². The summed E-state index contributed by atoms with van der Waals surface area (Å²) in [6, 6.07) is 1.34. The molecule has 0 aromatic carbocycles. The number of nitrogens with zero attached hydrogens (tertiary/aromatic N) is 4. The van der Waals surface area contributed by atoms with Gasteiger partial charge in [-0.2, -0.15) is 0 Å². The number of imidazole rings is 1. The first-order valence-corrected chi connectivity index (χ1v) is 10.7. The molecule has 33 heavy (non-hydrogen) atoms. The van der Waals surface area contributed by atoms with E-state index in [1.807, 2.05) is 0 Å². The normalized spacial score (nSPS) is 30.5. The van der Waals surface area contributed by atoms with E-state index in [1.165, 1.54) is 16.7 Å². The average Bonchev–Trinajstić information content (AvgIpc) is 3.26. The Labute approximate surface area is 188 Å². The molecule has 4 aliphatic rings. The maximum absolute atomic E-state index is 13.6. The zero-order chi connectivity index (χ0) is 23.2. The predicted octanol–water partition coefficient (Wildman–Crippen LogP) is 3.90. The smallest absolute Gasteiger partial charge is 0.424 e. The number of carbonyl (C=O) groups excluding carboxylic acids is 1. The van der Waals surface area contributed by atoms with E-state index >= 15 is 0 Å². The third-order valence-corrected chi connectivity index (χ3v) is 7.07. The summed E-state index contributed by atoms with van der Waals surface area (Å²) in [5, 5.41) is 11.0. The topological polar surface area (TPSA) is 94.5 Å². The molecule has 174 valence electrons. The van der Waals surface area contributed by atoms with Crippen molar-refractivity contribution in [3.63, 3.8) is 0 Å². The number of ether oxygens (including phenoxy) is 1. The number of rotatable bonds is 5. The average molecular weight is 486 g/mol. The van der Waals surface area contributed by atoms with Crippen LogP contribution >= 0.6 is 11.6 Å². The summed E-state index contributed by atoms with van der Waals surface area (Å²) in [4.78, 5) is 16.9. The summed E-state index contributed by atoms with van der Waals surface area (Å²) in [6.07, 6.45) is -0.722. The minimum atomic E-state index is -4.65. The van der Waals surface area contributed by atoms with Crippen molar-refractivity contribution >= 4 is 23.2 Å². The molecule has 1 N–H and O–H groups in total.